The molecule has 25 heavy (non-hydrogen) atoms. The molecule has 0 radical (unpaired) electrons. The first kappa shape index (κ1) is 17.1. The molecule has 1 aliphatic rings. The van der Waals surface area contributed by atoms with Crippen LogP contribution in [0.15, 0.2) is 18.2 Å². The highest BCUT2D eigenvalue weighted by Crippen LogP contribution is 2.39. The van der Waals surface area contributed by atoms with Crippen LogP contribution >= 0.6 is 11.3 Å². The molecule has 2 aromatic rings. The molecule has 7 nitrogen and oxygen atoms in total. The highest BCUT2D eigenvalue weighted by molar-refractivity contribution is 7.17. The summed E-state index contributed by atoms with van der Waals surface area (Å²) in [5.41, 5.74) is 2.04. The van der Waals surface area contributed by atoms with E-state index in [1.807, 2.05) is 0 Å². The van der Waals surface area contributed by atoms with Gasteiger partial charge in [0.15, 0.2) is 0 Å². The number of anilines is 1. The lowest BCUT2D eigenvalue weighted by Gasteiger charge is -2.08. The normalized spacial score (nSPS) is 12.6. The summed E-state index contributed by atoms with van der Waals surface area (Å²) >= 11 is 1.39. The van der Waals surface area contributed by atoms with Crippen LogP contribution in [-0.4, -0.2) is 23.9 Å². The number of ether oxygens (including phenoxy) is 1. The number of thiophene rings is 1. The number of nitrogens with one attached hydrogen (secondary N) is 1. The van der Waals surface area contributed by atoms with Gasteiger partial charge in [-0.3, -0.25) is 14.9 Å². The monoisotopic (exact) mass is 360 g/mol. The molecule has 8 heteroatoms. The molecule has 1 aliphatic carbocycles. The molecule has 0 atom stereocenters. The van der Waals surface area contributed by atoms with Crippen LogP contribution in [0, 0.1) is 17.0 Å². The first-order valence-corrected chi connectivity index (χ1v) is 8.53. The number of aryl methyl sites for hydroxylation is 2. The average Bonchev–Trinajstić information content (AvgIpc) is 3.14. The van der Waals surface area contributed by atoms with Gasteiger partial charge in [-0.15, -0.1) is 11.3 Å². The fraction of sp³-hybridized carbons (Fsp3) is 0.294. The van der Waals surface area contributed by atoms with Gasteiger partial charge in [-0.25, -0.2) is 4.79 Å². The average molecular weight is 360 g/mol. The minimum Gasteiger partial charge on any atom is -0.465 e. The first-order chi connectivity index (χ1) is 11.9. The Labute approximate surface area is 147 Å². The first-order valence-electron chi connectivity index (χ1n) is 7.71. The highest BCUT2D eigenvalue weighted by Gasteiger charge is 2.28. The fourth-order valence-corrected chi connectivity index (χ4v) is 4.26. The molecule has 130 valence electrons. The van der Waals surface area contributed by atoms with Crippen molar-refractivity contribution in [2.45, 2.75) is 26.2 Å². The van der Waals surface area contributed by atoms with Crippen LogP contribution in [0.2, 0.25) is 0 Å². The molecule has 1 amide bonds. The molecule has 0 saturated heterocycles. The Bertz CT molecular complexity index is 887. The number of nitro benzene ring substituents is 1. The fourth-order valence-electron chi connectivity index (χ4n) is 2.99. The van der Waals surface area contributed by atoms with Crippen LogP contribution in [-0.2, 0) is 17.6 Å². The predicted octanol–water partition coefficient (Wildman–Crippen LogP) is 3.49. The SMILES string of the molecule is COC(=O)c1c(NC(=O)c2ccc([N+](=O)[O-])c(C)c2)sc2c1CCC2. The number of nitrogens with zero attached hydrogens (tertiary/aromatic N) is 1. The molecular weight excluding hydrogens is 344 g/mol. The van der Waals surface area contributed by atoms with E-state index in [2.05, 4.69) is 5.32 Å². The molecule has 0 fully saturated rings. The Morgan fingerprint density at radius 1 is 1.32 bits per heavy atom. The second kappa shape index (κ2) is 6.64. The third-order valence-corrected chi connectivity index (χ3v) is 5.40. The summed E-state index contributed by atoms with van der Waals surface area (Å²) in [6.45, 7) is 1.58. The zero-order valence-corrected chi connectivity index (χ0v) is 14.6. The van der Waals surface area contributed by atoms with E-state index in [-0.39, 0.29) is 5.69 Å². The number of methoxy groups -OCH3 is 1. The number of carbonyl (C=O) groups is 2. The van der Waals surface area contributed by atoms with Gasteiger partial charge >= 0.3 is 5.97 Å². The lowest BCUT2D eigenvalue weighted by Crippen LogP contribution is -2.15. The molecule has 3 rings (SSSR count). The zero-order valence-electron chi connectivity index (χ0n) is 13.8. The van der Waals surface area contributed by atoms with E-state index in [0.717, 1.165) is 29.7 Å². The van der Waals surface area contributed by atoms with E-state index in [9.17, 15) is 19.7 Å². The van der Waals surface area contributed by atoms with Crippen LogP contribution in [0.1, 0.15) is 43.1 Å². The maximum atomic E-state index is 12.5. The summed E-state index contributed by atoms with van der Waals surface area (Å²) < 4.78 is 4.85. The van der Waals surface area contributed by atoms with Gasteiger partial charge in [0.25, 0.3) is 11.6 Å². The van der Waals surface area contributed by atoms with E-state index < -0.39 is 16.8 Å². The smallest absolute Gasteiger partial charge is 0.341 e. The van der Waals surface area contributed by atoms with Crippen LogP contribution in [0.4, 0.5) is 10.7 Å². The van der Waals surface area contributed by atoms with Crippen LogP contribution in [0.3, 0.4) is 0 Å². The van der Waals surface area contributed by atoms with E-state index in [0.29, 0.717) is 21.7 Å². The molecule has 0 spiro atoms. The van der Waals surface area contributed by atoms with Gasteiger partial charge in [-0.05, 0) is 43.9 Å². The van der Waals surface area contributed by atoms with E-state index in [1.54, 1.807) is 6.92 Å². The lowest BCUT2D eigenvalue weighted by atomic mass is 10.1. The standard InChI is InChI=1S/C17H16N2O5S/c1-9-8-10(6-7-12(9)19(22)23)15(20)18-16-14(17(21)24-2)11-4-3-5-13(11)25-16/h6-8H,3-5H2,1-2H3,(H,18,20). The number of fused-ring (bicyclic) bond motifs is 1. The number of hydrogen-bond donors (Lipinski definition) is 1. The lowest BCUT2D eigenvalue weighted by molar-refractivity contribution is -0.385. The van der Waals surface area contributed by atoms with Crippen molar-refractivity contribution in [3.05, 3.63) is 55.4 Å². The number of carbonyl (C=O) groups excluding carboxylic acids is 2. The predicted molar refractivity (Wildman–Crippen MR) is 93.5 cm³/mol. The molecule has 0 bridgehead atoms. The van der Waals surface area contributed by atoms with Crippen LogP contribution < -0.4 is 5.32 Å². The Morgan fingerprint density at radius 3 is 2.72 bits per heavy atom. The summed E-state index contributed by atoms with van der Waals surface area (Å²) in [4.78, 5) is 36.1. The van der Waals surface area contributed by atoms with E-state index in [1.165, 1.54) is 36.6 Å². The highest BCUT2D eigenvalue weighted by atomic mass is 32.1. The topological polar surface area (TPSA) is 98.5 Å². The number of rotatable bonds is 4. The van der Waals surface area contributed by atoms with Crippen LogP contribution in [0.25, 0.3) is 0 Å². The molecule has 1 aromatic carbocycles. The Balaban J connectivity index is 1.90. The quantitative estimate of drug-likeness (QED) is 0.511. The Hall–Kier alpha value is -2.74. The van der Waals surface area contributed by atoms with Crippen molar-refractivity contribution in [2.75, 3.05) is 12.4 Å². The molecule has 1 aromatic heterocycles. The molecule has 0 saturated carbocycles. The number of esters is 1. The van der Waals surface area contributed by atoms with Gasteiger partial charge in [-0.1, -0.05) is 0 Å². The number of nitro groups is 1. The second-order valence-corrected chi connectivity index (χ2v) is 6.87. The van der Waals surface area contributed by atoms with E-state index in [4.69, 9.17) is 4.74 Å². The summed E-state index contributed by atoms with van der Waals surface area (Å²) in [7, 11) is 1.31. The van der Waals surface area contributed by atoms with Gasteiger partial charge in [0.05, 0.1) is 17.6 Å². The maximum Gasteiger partial charge on any atom is 0.341 e. The summed E-state index contributed by atoms with van der Waals surface area (Å²) in [5, 5.41) is 14.1. The number of benzene rings is 1. The third-order valence-electron chi connectivity index (χ3n) is 4.19. The minimum atomic E-state index is -0.490. The number of hydrogen-bond acceptors (Lipinski definition) is 6. The largest absolute Gasteiger partial charge is 0.465 e. The summed E-state index contributed by atoms with van der Waals surface area (Å²) in [5.74, 6) is -0.877. The molecule has 0 unspecified atom stereocenters. The van der Waals surface area contributed by atoms with Gasteiger partial charge < -0.3 is 10.1 Å². The van der Waals surface area contributed by atoms with Crippen LogP contribution in [0.5, 0.6) is 0 Å². The van der Waals surface area contributed by atoms with Crippen molar-refractivity contribution in [2.24, 2.45) is 0 Å². The Kier molecular flexibility index (Phi) is 4.54. The summed E-state index contributed by atoms with van der Waals surface area (Å²) in [6.07, 6.45) is 2.67. The van der Waals surface area contributed by atoms with Crippen molar-refractivity contribution in [1.82, 2.24) is 0 Å². The molecular formula is C17H16N2O5S. The van der Waals surface area contributed by atoms with Crippen molar-refractivity contribution in [3.63, 3.8) is 0 Å². The van der Waals surface area contributed by atoms with Crippen molar-refractivity contribution < 1.29 is 19.2 Å². The third kappa shape index (κ3) is 3.12. The van der Waals surface area contributed by atoms with Gasteiger partial charge in [-0.2, -0.15) is 0 Å². The molecule has 1 heterocycles. The molecule has 1 N–H and O–H groups in total. The van der Waals surface area contributed by atoms with Gasteiger partial charge in [0.2, 0.25) is 0 Å². The van der Waals surface area contributed by atoms with Crippen molar-refractivity contribution in [1.29, 1.82) is 0 Å². The minimum absolute atomic E-state index is 0.0399. The number of amides is 1. The molecule has 0 aliphatic heterocycles. The Morgan fingerprint density at radius 2 is 2.08 bits per heavy atom. The van der Waals surface area contributed by atoms with Gasteiger partial charge in [0.1, 0.15) is 5.00 Å². The van der Waals surface area contributed by atoms with Crippen molar-refractivity contribution >= 4 is 33.9 Å². The maximum absolute atomic E-state index is 12.5. The second-order valence-electron chi connectivity index (χ2n) is 5.77. The zero-order chi connectivity index (χ0) is 18.1. The van der Waals surface area contributed by atoms with Gasteiger partial charge in [0, 0.05) is 22.1 Å². The van der Waals surface area contributed by atoms with Crippen molar-refractivity contribution in [3.8, 4) is 0 Å². The van der Waals surface area contributed by atoms with E-state index >= 15 is 0 Å². The summed E-state index contributed by atoms with van der Waals surface area (Å²) in [6, 6.07) is 4.17.